The molecule has 1 heterocycles. The van der Waals surface area contributed by atoms with Crippen molar-refractivity contribution >= 4 is 15.9 Å². The molecule has 5 heteroatoms. The third-order valence-electron chi connectivity index (χ3n) is 3.20. The highest BCUT2D eigenvalue weighted by molar-refractivity contribution is 9.10. The Morgan fingerprint density at radius 1 is 1.29 bits per heavy atom. The third-order valence-corrected chi connectivity index (χ3v) is 3.69. The molecule has 2 aromatic rings. The lowest BCUT2D eigenvalue weighted by Crippen LogP contribution is -2.35. The molecule has 0 radical (unpaired) electrons. The van der Waals surface area contributed by atoms with E-state index in [1.165, 1.54) is 6.07 Å². The van der Waals surface area contributed by atoms with Gasteiger partial charge in [0.1, 0.15) is 5.82 Å². The predicted molar refractivity (Wildman–Crippen MR) is 86.8 cm³/mol. The van der Waals surface area contributed by atoms with E-state index in [0.29, 0.717) is 12.1 Å². The Bertz CT molecular complexity index is 629. The SMILES string of the molecule is Cc1nn(Cc2cc(Br)ccc2F)cc1CNC(C)(C)C. The summed E-state index contributed by atoms with van der Waals surface area (Å²) in [4.78, 5) is 0. The first-order valence-electron chi connectivity index (χ1n) is 6.96. The van der Waals surface area contributed by atoms with E-state index in [4.69, 9.17) is 0 Å². The lowest BCUT2D eigenvalue weighted by molar-refractivity contribution is 0.423. The summed E-state index contributed by atoms with van der Waals surface area (Å²) in [5.41, 5.74) is 2.80. The van der Waals surface area contributed by atoms with Crippen LogP contribution in [-0.4, -0.2) is 15.3 Å². The minimum atomic E-state index is -0.208. The minimum absolute atomic E-state index is 0.0605. The van der Waals surface area contributed by atoms with E-state index >= 15 is 0 Å². The summed E-state index contributed by atoms with van der Waals surface area (Å²) < 4.78 is 16.5. The van der Waals surface area contributed by atoms with Crippen molar-refractivity contribution in [3.8, 4) is 0 Å². The molecule has 3 nitrogen and oxygen atoms in total. The molecular formula is C16H21BrFN3. The zero-order valence-electron chi connectivity index (χ0n) is 12.9. The molecule has 0 amide bonds. The first-order valence-corrected chi connectivity index (χ1v) is 7.76. The number of hydrogen-bond acceptors (Lipinski definition) is 2. The predicted octanol–water partition coefficient (Wildman–Crippen LogP) is 4.03. The van der Waals surface area contributed by atoms with Crippen molar-refractivity contribution in [1.29, 1.82) is 0 Å². The summed E-state index contributed by atoms with van der Waals surface area (Å²) in [7, 11) is 0. The van der Waals surface area contributed by atoms with Crippen LogP contribution >= 0.6 is 15.9 Å². The number of halogens is 2. The fourth-order valence-electron chi connectivity index (χ4n) is 2.01. The Morgan fingerprint density at radius 3 is 2.67 bits per heavy atom. The summed E-state index contributed by atoms with van der Waals surface area (Å²) in [5.74, 6) is -0.208. The summed E-state index contributed by atoms with van der Waals surface area (Å²) in [6.45, 7) is 9.56. The van der Waals surface area contributed by atoms with Gasteiger partial charge in [0, 0.05) is 33.9 Å². The van der Waals surface area contributed by atoms with Crippen molar-refractivity contribution in [2.75, 3.05) is 0 Å². The van der Waals surface area contributed by atoms with E-state index < -0.39 is 0 Å². The van der Waals surface area contributed by atoms with Gasteiger partial charge in [0.2, 0.25) is 0 Å². The summed E-state index contributed by atoms with van der Waals surface area (Å²) >= 11 is 3.37. The summed E-state index contributed by atoms with van der Waals surface area (Å²) in [6, 6.07) is 4.96. The number of aromatic nitrogens is 2. The Balaban J connectivity index is 2.13. The Kier molecular flexibility index (Phi) is 4.84. The molecule has 0 saturated carbocycles. The largest absolute Gasteiger partial charge is 0.308 e. The zero-order valence-corrected chi connectivity index (χ0v) is 14.5. The van der Waals surface area contributed by atoms with Crippen molar-refractivity contribution in [2.45, 2.75) is 46.3 Å². The van der Waals surface area contributed by atoms with Gasteiger partial charge < -0.3 is 5.32 Å². The highest BCUT2D eigenvalue weighted by Gasteiger charge is 2.12. The van der Waals surface area contributed by atoms with Crippen LogP contribution < -0.4 is 5.32 Å². The second-order valence-corrected chi connectivity index (χ2v) is 7.19. The van der Waals surface area contributed by atoms with Crippen LogP contribution in [0.3, 0.4) is 0 Å². The zero-order chi connectivity index (χ0) is 15.6. The average molecular weight is 354 g/mol. The average Bonchev–Trinajstić information content (AvgIpc) is 2.71. The van der Waals surface area contributed by atoms with Crippen LogP contribution in [-0.2, 0) is 13.1 Å². The molecule has 114 valence electrons. The summed E-state index contributed by atoms with van der Waals surface area (Å²) in [5, 5.41) is 7.91. The van der Waals surface area contributed by atoms with E-state index in [9.17, 15) is 4.39 Å². The van der Waals surface area contributed by atoms with Crippen molar-refractivity contribution in [2.24, 2.45) is 0 Å². The first kappa shape index (κ1) is 16.2. The second kappa shape index (κ2) is 6.28. The molecule has 21 heavy (non-hydrogen) atoms. The Hall–Kier alpha value is -1.20. The van der Waals surface area contributed by atoms with Crippen LogP contribution in [0.25, 0.3) is 0 Å². The maximum Gasteiger partial charge on any atom is 0.128 e. The molecule has 2 rings (SSSR count). The monoisotopic (exact) mass is 353 g/mol. The van der Waals surface area contributed by atoms with Gasteiger partial charge in [0.05, 0.1) is 12.2 Å². The van der Waals surface area contributed by atoms with Crippen molar-refractivity contribution < 1.29 is 4.39 Å². The van der Waals surface area contributed by atoms with E-state index in [1.807, 2.05) is 13.1 Å². The van der Waals surface area contributed by atoms with Crippen LogP contribution in [0.5, 0.6) is 0 Å². The van der Waals surface area contributed by atoms with Crippen molar-refractivity contribution in [3.05, 3.63) is 51.5 Å². The van der Waals surface area contributed by atoms with Gasteiger partial charge in [0.15, 0.2) is 0 Å². The van der Waals surface area contributed by atoms with Crippen molar-refractivity contribution in [1.82, 2.24) is 15.1 Å². The van der Waals surface area contributed by atoms with E-state index in [0.717, 1.165) is 22.3 Å². The third kappa shape index (κ3) is 4.64. The Morgan fingerprint density at radius 2 is 2.00 bits per heavy atom. The topological polar surface area (TPSA) is 29.9 Å². The lowest BCUT2D eigenvalue weighted by atomic mass is 10.1. The maximum atomic E-state index is 13.8. The van der Waals surface area contributed by atoms with Gasteiger partial charge >= 0.3 is 0 Å². The number of rotatable bonds is 4. The standard InChI is InChI=1S/C16H21BrFN3/c1-11-13(8-19-16(2,3)4)10-21(20-11)9-12-7-14(17)5-6-15(12)18/h5-7,10,19H,8-9H2,1-4H3. The lowest BCUT2D eigenvalue weighted by Gasteiger charge is -2.20. The van der Waals surface area contributed by atoms with Crippen LogP contribution in [0.1, 0.15) is 37.6 Å². The molecule has 0 unspecified atom stereocenters. The fraction of sp³-hybridized carbons (Fsp3) is 0.438. The van der Waals surface area contributed by atoms with E-state index in [1.54, 1.807) is 16.8 Å². The molecule has 0 saturated heterocycles. The molecule has 0 fully saturated rings. The number of nitrogens with one attached hydrogen (secondary N) is 1. The Labute approximate surface area is 133 Å². The number of nitrogens with zero attached hydrogens (tertiary/aromatic N) is 2. The maximum absolute atomic E-state index is 13.8. The molecule has 0 bridgehead atoms. The molecule has 0 aliphatic rings. The van der Waals surface area contributed by atoms with Crippen LogP contribution in [0, 0.1) is 12.7 Å². The molecular weight excluding hydrogens is 333 g/mol. The quantitative estimate of drug-likeness (QED) is 0.899. The van der Waals surface area contributed by atoms with Crippen LogP contribution in [0.2, 0.25) is 0 Å². The smallest absolute Gasteiger partial charge is 0.128 e. The molecule has 1 N–H and O–H groups in total. The van der Waals surface area contributed by atoms with E-state index in [-0.39, 0.29) is 11.4 Å². The minimum Gasteiger partial charge on any atom is -0.308 e. The van der Waals surface area contributed by atoms with Gasteiger partial charge in [-0.05, 0) is 45.9 Å². The van der Waals surface area contributed by atoms with Gasteiger partial charge in [-0.25, -0.2) is 4.39 Å². The van der Waals surface area contributed by atoms with Gasteiger partial charge in [-0.2, -0.15) is 5.10 Å². The van der Waals surface area contributed by atoms with Gasteiger partial charge in [0.25, 0.3) is 0 Å². The highest BCUT2D eigenvalue weighted by Crippen LogP contribution is 2.17. The molecule has 1 aromatic carbocycles. The fourth-order valence-corrected chi connectivity index (χ4v) is 2.42. The van der Waals surface area contributed by atoms with E-state index in [2.05, 4.69) is 47.1 Å². The normalized spacial score (nSPS) is 11.9. The van der Waals surface area contributed by atoms with Crippen LogP contribution in [0.15, 0.2) is 28.9 Å². The molecule has 0 aliphatic heterocycles. The number of hydrogen-bond donors (Lipinski definition) is 1. The molecule has 0 aliphatic carbocycles. The molecule has 0 atom stereocenters. The first-order chi connectivity index (χ1) is 9.74. The van der Waals surface area contributed by atoms with Crippen LogP contribution in [0.4, 0.5) is 4.39 Å². The highest BCUT2D eigenvalue weighted by atomic mass is 79.9. The number of benzene rings is 1. The van der Waals surface area contributed by atoms with Gasteiger partial charge in [-0.3, -0.25) is 4.68 Å². The number of aryl methyl sites for hydroxylation is 1. The summed E-state index contributed by atoms with van der Waals surface area (Å²) in [6.07, 6.45) is 1.98. The van der Waals surface area contributed by atoms with Gasteiger partial charge in [-0.1, -0.05) is 15.9 Å². The second-order valence-electron chi connectivity index (χ2n) is 6.28. The molecule has 1 aromatic heterocycles. The van der Waals surface area contributed by atoms with Crippen molar-refractivity contribution in [3.63, 3.8) is 0 Å². The molecule has 0 spiro atoms. The van der Waals surface area contributed by atoms with Gasteiger partial charge in [-0.15, -0.1) is 0 Å².